The number of methoxy groups -OCH3 is 1. The molecule has 7 nitrogen and oxygen atoms in total. The van der Waals surface area contributed by atoms with Crippen molar-refractivity contribution in [3.8, 4) is 27.9 Å². The number of aryl methyl sites for hydroxylation is 2. The van der Waals surface area contributed by atoms with Crippen LogP contribution in [0.5, 0.6) is 5.75 Å². The minimum Gasteiger partial charge on any atom is -0.495 e. The van der Waals surface area contributed by atoms with Crippen molar-refractivity contribution in [1.29, 1.82) is 0 Å². The Hall–Kier alpha value is -3.24. The van der Waals surface area contributed by atoms with Gasteiger partial charge in [-0.15, -0.1) is 11.3 Å². The zero-order valence-electron chi connectivity index (χ0n) is 16.8. The van der Waals surface area contributed by atoms with E-state index in [9.17, 15) is 12.8 Å². The maximum absolute atomic E-state index is 13.5. The Labute approximate surface area is 182 Å². The Kier molecular flexibility index (Phi) is 5.50. The molecule has 0 amide bonds. The van der Waals surface area contributed by atoms with Crippen molar-refractivity contribution < 1.29 is 22.1 Å². The van der Waals surface area contributed by atoms with Crippen LogP contribution in [-0.4, -0.2) is 25.7 Å². The molecule has 2 aromatic carbocycles. The highest BCUT2D eigenvalue weighted by Gasteiger charge is 2.24. The molecule has 1 N–H and O–H groups in total. The summed E-state index contributed by atoms with van der Waals surface area (Å²) in [5, 5.41) is 3.88. The van der Waals surface area contributed by atoms with Crippen LogP contribution in [0.4, 0.5) is 10.1 Å². The predicted octanol–water partition coefficient (Wildman–Crippen LogP) is 5.03. The van der Waals surface area contributed by atoms with Crippen LogP contribution in [0.15, 0.2) is 57.9 Å². The zero-order valence-corrected chi connectivity index (χ0v) is 18.5. The van der Waals surface area contributed by atoms with Gasteiger partial charge < -0.3 is 9.26 Å². The maximum atomic E-state index is 13.5. The van der Waals surface area contributed by atoms with Gasteiger partial charge in [0, 0.05) is 10.4 Å². The summed E-state index contributed by atoms with van der Waals surface area (Å²) in [6, 6.07) is 12.5. The Morgan fingerprint density at radius 2 is 1.94 bits per heavy atom. The van der Waals surface area contributed by atoms with Gasteiger partial charge in [-0.3, -0.25) is 4.72 Å². The van der Waals surface area contributed by atoms with Gasteiger partial charge in [0.2, 0.25) is 5.82 Å². The molecule has 31 heavy (non-hydrogen) atoms. The summed E-state index contributed by atoms with van der Waals surface area (Å²) in [6.07, 6.45) is 0. The van der Waals surface area contributed by atoms with Gasteiger partial charge in [0.1, 0.15) is 16.5 Å². The van der Waals surface area contributed by atoms with Crippen molar-refractivity contribution in [1.82, 2.24) is 10.1 Å². The molecule has 0 bridgehead atoms. The maximum Gasteiger partial charge on any atom is 0.268 e. The fourth-order valence-electron chi connectivity index (χ4n) is 3.01. The molecule has 0 atom stereocenters. The predicted molar refractivity (Wildman–Crippen MR) is 116 cm³/mol. The van der Waals surface area contributed by atoms with Gasteiger partial charge in [0.15, 0.2) is 0 Å². The molecule has 0 fully saturated rings. The molecule has 4 rings (SSSR count). The van der Waals surface area contributed by atoms with Crippen molar-refractivity contribution in [2.75, 3.05) is 11.8 Å². The van der Waals surface area contributed by atoms with E-state index in [0.717, 1.165) is 5.56 Å². The number of halogens is 1. The normalized spacial score (nSPS) is 11.5. The van der Waals surface area contributed by atoms with Gasteiger partial charge in [0.25, 0.3) is 15.9 Å². The second kappa shape index (κ2) is 8.12. The van der Waals surface area contributed by atoms with Crippen LogP contribution in [0, 0.1) is 19.7 Å². The van der Waals surface area contributed by atoms with E-state index >= 15 is 0 Å². The van der Waals surface area contributed by atoms with Crippen molar-refractivity contribution >= 4 is 27.0 Å². The summed E-state index contributed by atoms with van der Waals surface area (Å²) in [5.74, 6) is 0.371. The second-order valence-corrected chi connectivity index (χ2v) is 9.68. The van der Waals surface area contributed by atoms with Crippen LogP contribution in [0.1, 0.15) is 10.4 Å². The van der Waals surface area contributed by atoms with Crippen LogP contribution >= 0.6 is 11.3 Å². The second-order valence-electron chi connectivity index (χ2n) is 6.77. The lowest BCUT2D eigenvalue weighted by Gasteiger charge is -2.12. The number of sulfonamides is 1. The minimum absolute atomic E-state index is 0.0987. The Balaban J connectivity index is 1.66. The Morgan fingerprint density at radius 3 is 2.68 bits per heavy atom. The molecule has 0 saturated carbocycles. The fourth-order valence-corrected chi connectivity index (χ4v) is 5.58. The van der Waals surface area contributed by atoms with Crippen LogP contribution in [-0.2, 0) is 10.0 Å². The van der Waals surface area contributed by atoms with E-state index in [2.05, 4.69) is 14.9 Å². The summed E-state index contributed by atoms with van der Waals surface area (Å²) in [6.45, 7) is 3.55. The topological polar surface area (TPSA) is 94.3 Å². The van der Waals surface area contributed by atoms with Crippen molar-refractivity contribution in [3.05, 3.63) is 64.8 Å². The fraction of sp³-hybridized carbons (Fsp3) is 0.143. The van der Waals surface area contributed by atoms with E-state index < -0.39 is 15.8 Å². The third kappa shape index (κ3) is 4.30. The lowest BCUT2D eigenvalue weighted by molar-refractivity contribution is 0.417. The third-order valence-corrected chi connectivity index (χ3v) is 7.14. The Bertz CT molecular complexity index is 1360. The molecule has 0 unspecified atom stereocenters. The first kappa shape index (κ1) is 21.0. The highest BCUT2D eigenvalue weighted by atomic mass is 32.2. The number of rotatable bonds is 6. The van der Waals surface area contributed by atoms with E-state index in [1.165, 1.54) is 36.6 Å². The number of ether oxygens (including phenoxy) is 1. The summed E-state index contributed by atoms with van der Waals surface area (Å²) in [4.78, 5) is 5.43. The van der Waals surface area contributed by atoms with Crippen molar-refractivity contribution in [3.63, 3.8) is 0 Å². The number of hydrogen-bond donors (Lipinski definition) is 1. The van der Waals surface area contributed by atoms with Gasteiger partial charge in [-0.05, 0) is 49.7 Å². The van der Waals surface area contributed by atoms with E-state index in [1.807, 2.05) is 13.0 Å². The Morgan fingerprint density at radius 1 is 1.13 bits per heavy atom. The van der Waals surface area contributed by atoms with E-state index in [1.54, 1.807) is 31.2 Å². The summed E-state index contributed by atoms with van der Waals surface area (Å²) in [5.41, 5.74) is 1.70. The standard InChI is InChI=1S/C21H18FN3O4S2/c1-12-7-8-17(28-3)16(9-12)25-31(26,27)19-11-18(30-13(19)2)21-23-20(24-29-21)14-5-4-6-15(22)10-14/h4-11,25H,1-3H3. The molecule has 0 radical (unpaired) electrons. The molecule has 2 aromatic heterocycles. The molecule has 0 spiro atoms. The lowest BCUT2D eigenvalue weighted by atomic mass is 10.2. The number of hydrogen-bond acceptors (Lipinski definition) is 7. The van der Waals surface area contributed by atoms with Crippen molar-refractivity contribution in [2.24, 2.45) is 0 Å². The molecular formula is C21H18FN3O4S2. The molecule has 0 saturated heterocycles. The summed E-state index contributed by atoms with van der Waals surface area (Å²) < 4.78 is 52.7. The van der Waals surface area contributed by atoms with E-state index in [-0.39, 0.29) is 16.6 Å². The number of nitrogens with zero attached hydrogens (tertiary/aromatic N) is 2. The molecule has 2 heterocycles. The third-order valence-electron chi connectivity index (χ3n) is 4.48. The van der Waals surface area contributed by atoms with Crippen LogP contribution in [0.3, 0.4) is 0 Å². The number of thiophene rings is 1. The first-order valence-electron chi connectivity index (χ1n) is 9.15. The molecule has 0 aliphatic heterocycles. The van der Waals surface area contributed by atoms with Gasteiger partial charge in [0.05, 0.1) is 17.7 Å². The average Bonchev–Trinajstić information content (AvgIpc) is 3.35. The van der Waals surface area contributed by atoms with Gasteiger partial charge in [-0.1, -0.05) is 23.4 Å². The monoisotopic (exact) mass is 459 g/mol. The largest absolute Gasteiger partial charge is 0.495 e. The molecule has 0 aliphatic rings. The highest BCUT2D eigenvalue weighted by Crippen LogP contribution is 2.35. The molecule has 0 aliphatic carbocycles. The zero-order chi connectivity index (χ0) is 22.2. The smallest absolute Gasteiger partial charge is 0.268 e. The first-order chi connectivity index (χ1) is 14.8. The van der Waals surface area contributed by atoms with E-state index in [4.69, 9.17) is 9.26 Å². The average molecular weight is 460 g/mol. The van der Waals surface area contributed by atoms with Crippen LogP contribution in [0.25, 0.3) is 22.2 Å². The quantitative estimate of drug-likeness (QED) is 0.435. The number of benzene rings is 2. The molecule has 10 heteroatoms. The van der Waals surface area contributed by atoms with Crippen LogP contribution in [0.2, 0.25) is 0 Å². The summed E-state index contributed by atoms with van der Waals surface area (Å²) >= 11 is 1.21. The molecular weight excluding hydrogens is 441 g/mol. The molecule has 4 aromatic rings. The molecule has 160 valence electrons. The van der Waals surface area contributed by atoms with Gasteiger partial charge in [-0.25, -0.2) is 12.8 Å². The summed E-state index contributed by atoms with van der Waals surface area (Å²) in [7, 11) is -2.42. The SMILES string of the molecule is COc1ccc(C)cc1NS(=O)(=O)c1cc(-c2nc(-c3cccc(F)c3)no2)sc1C. The lowest BCUT2D eigenvalue weighted by Crippen LogP contribution is -2.14. The van der Waals surface area contributed by atoms with E-state index in [0.29, 0.717) is 26.8 Å². The van der Waals surface area contributed by atoms with Gasteiger partial charge in [-0.2, -0.15) is 4.98 Å². The first-order valence-corrected chi connectivity index (χ1v) is 11.4. The highest BCUT2D eigenvalue weighted by molar-refractivity contribution is 7.93. The minimum atomic E-state index is -3.89. The number of aromatic nitrogens is 2. The number of anilines is 1. The van der Waals surface area contributed by atoms with Crippen molar-refractivity contribution in [2.45, 2.75) is 18.7 Å². The van der Waals surface area contributed by atoms with Crippen LogP contribution < -0.4 is 9.46 Å². The number of nitrogens with one attached hydrogen (secondary N) is 1. The van der Waals surface area contributed by atoms with Gasteiger partial charge >= 0.3 is 0 Å².